The molecule has 6 heteroatoms. The van der Waals surface area contributed by atoms with Gasteiger partial charge in [0.2, 0.25) is 5.91 Å². The minimum atomic E-state index is -0.854. The molecule has 2 unspecified atom stereocenters. The van der Waals surface area contributed by atoms with Gasteiger partial charge in [-0.2, -0.15) is 0 Å². The Hall–Kier alpha value is -1.92. The molecule has 0 bridgehead atoms. The number of ether oxygens (including phenoxy) is 1. The van der Waals surface area contributed by atoms with E-state index in [1.54, 1.807) is 6.08 Å². The van der Waals surface area contributed by atoms with Crippen molar-refractivity contribution < 1.29 is 24.5 Å². The molecule has 0 radical (unpaired) electrons. The van der Waals surface area contributed by atoms with Crippen molar-refractivity contribution in [3.05, 3.63) is 36.5 Å². The standard InChI is InChI=1S/C63H119NO5/c1-3-5-7-9-11-13-15-17-19-20-21-22-23-24-25-26-27-28-31-35-39-43-47-51-55-61(66)60(59-65)64-62(67)56-52-48-44-40-36-32-29-30-34-38-42-46-50-54-58-69-63(68)57-53-49-45-41-37-33-18-16-14-12-10-8-6-4-2/h10,12,16,18,51,55,60-61,65-66H,3-9,11,13-15,17,19-50,52-54,56-59H2,1-2H3,(H,64,67)/b12-10-,18-16-,55-51+. The van der Waals surface area contributed by atoms with Crippen molar-refractivity contribution in [2.45, 2.75) is 341 Å². The van der Waals surface area contributed by atoms with Crippen LogP contribution in [0, 0.1) is 0 Å². The molecule has 0 aromatic rings. The fourth-order valence-electron chi connectivity index (χ4n) is 9.42. The average molecular weight is 971 g/mol. The van der Waals surface area contributed by atoms with Crippen molar-refractivity contribution in [2.75, 3.05) is 13.2 Å². The molecule has 69 heavy (non-hydrogen) atoms. The molecular formula is C63H119NO5. The van der Waals surface area contributed by atoms with Gasteiger partial charge in [-0.05, 0) is 57.8 Å². The molecule has 0 aliphatic rings. The van der Waals surface area contributed by atoms with Gasteiger partial charge in [0.15, 0.2) is 0 Å². The zero-order chi connectivity index (χ0) is 50.0. The van der Waals surface area contributed by atoms with E-state index in [0.29, 0.717) is 19.4 Å². The number of aliphatic hydroxyl groups is 2. The maximum Gasteiger partial charge on any atom is 0.305 e. The molecule has 0 spiro atoms. The number of aliphatic hydroxyl groups excluding tert-OH is 2. The summed E-state index contributed by atoms with van der Waals surface area (Å²) in [7, 11) is 0. The quantitative estimate of drug-likeness (QED) is 0.0321. The molecule has 0 aromatic carbocycles. The third-order valence-corrected chi connectivity index (χ3v) is 14.2. The molecule has 0 aromatic heterocycles. The summed E-state index contributed by atoms with van der Waals surface area (Å²) >= 11 is 0. The number of hydrogen-bond donors (Lipinski definition) is 3. The summed E-state index contributed by atoms with van der Waals surface area (Å²) < 4.78 is 5.46. The molecule has 3 N–H and O–H groups in total. The van der Waals surface area contributed by atoms with E-state index in [-0.39, 0.29) is 18.5 Å². The second kappa shape index (κ2) is 58.6. The number of allylic oxidation sites excluding steroid dienone is 5. The smallest absolute Gasteiger partial charge is 0.305 e. The lowest BCUT2D eigenvalue weighted by atomic mass is 10.0. The fourth-order valence-corrected chi connectivity index (χ4v) is 9.42. The van der Waals surface area contributed by atoms with E-state index in [4.69, 9.17) is 4.74 Å². The first kappa shape index (κ1) is 67.1. The zero-order valence-electron chi connectivity index (χ0n) is 46.3. The number of esters is 1. The predicted molar refractivity (Wildman–Crippen MR) is 301 cm³/mol. The van der Waals surface area contributed by atoms with Gasteiger partial charge in [0.05, 0.1) is 25.4 Å². The first-order valence-electron chi connectivity index (χ1n) is 30.8. The average Bonchev–Trinajstić information content (AvgIpc) is 3.35. The lowest BCUT2D eigenvalue weighted by Gasteiger charge is -2.20. The largest absolute Gasteiger partial charge is 0.466 e. The SMILES string of the molecule is CCCC/C=C\C/C=C\CCCCCCCC(=O)OCCCCCCCCCCCCCCCCC(=O)NC(CO)C(O)/C=C/CCCCCCCCCCCCCCCCCCCCCCCC. The summed E-state index contributed by atoms with van der Waals surface area (Å²) in [6.07, 6.45) is 73.2. The molecule has 0 aliphatic carbocycles. The van der Waals surface area contributed by atoms with Crippen LogP contribution in [-0.4, -0.2) is 47.4 Å². The zero-order valence-corrected chi connectivity index (χ0v) is 46.3. The Labute approximate surface area is 430 Å². The van der Waals surface area contributed by atoms with Crippen molar-refractivity contribution in [2.24, 2.45) is 0 Å². The predicted octanol–water partition coefficient (Wildman–Crippen LogP) is 19.2. The topological polar surface area (TPSA) is 95.9 Å². The van der Waals surface area contributed by atoms with E-state index in [2.05, 4.69) is 43.5 Å². The monoisotopic (exact) mass is 970 g/mol. The van der Waals surface area contributed by atoms with Crippen LogP contribution in [0.15, 0.2) is 36.5 Å². The highest BCUT2D eigenvalue weighted by Gasteiger charge is 2.18. The van der Waals surface area contributed by atoms with Crippen molar-refractivity contribution in [3.8, 4) is 0 Å². The van der Waals surface area contributed by atoms with Gasteiger partial charge in [0, 0.05) is 12.8 Å². The maximum atomic E-state index is 12.5. The van der Waals surface area contributed by atoms with Crippen LogP contribution in [0.2, 0.25) is 0 Å². The lowest BCUT2D eigenvalue weighted by Crippen LogP contribution is -2.45. The Bertz CT molecular complexity index is 1120. The molecule has 0 heterocycles. The van der Waals surface area contributed by atoms with Gasteiger partial charge in [-0.1, -0.05) is 294 Å². The van der Waals surface area contributed by atoms with Gasteiger partial charge in [-0.25, -0.2) is 0 Å². The van der Waals surface area contributed by atoms with Crippen molar-refractivity contribution in [1.29, 1.82) is 0 Å². The van der Waals surface area contributed by atoms with E-state index in [9.17, 15) is 19.8 Å². The van der Waals surface area contributed by atoms with Crippen LogP contribution >= 0.6 is 0 Å². The molecule has 2 atom stereocenters. The van der Waals surface area contributed by atoms with E-state index >= 15 is 0 Å². The number of nitrogens with one attached hydrogen (secondary N) is 1. The minimum Gasteiger partial charge on any atom is -0.466 e. The Morgan fingerprint density at radius 3 is 1.14 bits per heavy atom. The molecule has 0 aliphatic heterocycles. The van der Waals surface area contributed by atoms with Crippen molar-refractivity contribution in [1.82, 2.24) is 5.32 Å². The lowest BCUT2D eigenvalue weighted by molar-refractivity contribution is -0.143. The van der Waals surface area contributed by atoms with Crippen LogP contribution < -0.4 is 5.32 Å². The second-order valence-corrected chi connectivity index (χ2v) is 21.0. The molecule has 0 saturated carbocycles. The van der Waals surface area contributed by atoms with Crippen molar-refractivity contribution in [3.63, 3.8) is 0 Å². The van der Waals surface area contributed by atoms with E-state index in [0.717, 1.165) is 64.2 Å². The summed E-state index contributed by atoms with van der Waals surface area (Å²) in [5, 5.41) is 23.2. The number of carbonyl (C=O) groups excluding carboxylic acids is 2. The second-order valence-electron chi connectivity index (χ2n) is 21.0. The normalized spacial score (nSPS) is 12.8. The fraction of sp³-hybridized carbons (Fsp3) is 0.873. The summed E-state index contributed by atoms with van der Waals surface area (Å²) in [4.78, 5) is 24.5. The maximum absolute atomic E-state index is 12.5. The number of carbonyl (C=O) groups is 2. The Morgan fingerprint density at radius 1 is 0.406 bits per heavy atom. The highest BCUT2D eigenvalue weighted by Crippen LogP contribution is 2.17. The number of amides is 1. The summed E-state index contributed by atoms with van der Waals surface area (Å²) in [5.41, 5.74) is 0. The molecule has 6 nitrogen and oxygen atoms in total. The van der Waals surface area contributed by atoms with Gasteiger partial charge in [-0.15, -0.1) is 0 Å². The summed E-state index contributed by atoms with van der Waals surface area (Å²) in [5.74, 6) is -0.0940. The molecule has 0 saturated heterocycles. The minimum absolute atomic E-state index is 0.0176. The summed E-state index contributed by atoms with van der Waals surface area (Å²) in [6.45, 7) is 4.85. The number of hydrogen-bond acceptors (Lipinski definition) is 5. The Morgan fingerprint density at radius 2 is 0.739 bits per heavy atom. The first-order valence-corrected chi connectivity index (χ1v) is 30.8. The first-order chi connectivity index (χ1) is 34.0. The molecule has 0 fully saturated rings. The van der Waals surface area contributed by atoms with Crippen LogP contribution in [0.5, 0.6) is 0 Å². The van der Waals surface area contributed by atoms with E-state index in [1.807, 2.05) is 6.08 Å². The molecule has 1 amide bonds. The van der Waals surface area contributed by atoms with Gasteiger partial charge < -0.3 is 20.3 Å². The van der Waals surface area contributed by atoms with Gasteiger partial charge in [0.25, 0.3) is 0 Å². The molecule has 0 rings (SSSR count). The number of rotatable bonds is 57. The van der Waals surface area contributed by atoms with E-state index < -0.39 is 12.1 Å². The van der Waals surface area contributed by atoms with E-state index in [1.165, 1.54) is 238 Å². The molecular weight excluding hydrogens is 851 g/mol. The summed E-state index contributed by atoms with van der Waals surface area (Å²) in [6, 6.07) is -0.638. The number of unbranched alkanes of at least 4 members (excludes halogenated alkanes) is 42. The van der Waals surface area contributed by atoms with Crippen LogP contribution in [0.25, 0.3) is 0 Å². The van der Waals surface area contributed by atoms with Gasteiger partial charge >= 0.3 is 5.97 Å². The Balaban J connectivity index is 3.48. The van der Waals surface area contributed by atoms with Crippen molar-refractivity contribution >= 4 is 11.9 Å². The third-order valence-electron chi connectivity index (χ3n) is 14.2. The van der Waals surface area contributed by atoms with Crippen LogP contribution in [0.1, 0.15) is 328 Å². The van der Waals surface area contributed by atoms with Gasteiger partial charge in [-0.3, -0.25) is 9.59 Å². The van der Waals surface area contributed by atoms with Crippen LogP contribution in [0.4, 0.5) is 0 Å². The highest BCUT2D eigenvalue weighted by molar-refractivity contribution is 5.76. The van der Waals surface area contributed by atoms with Crippen LogP contribution in [0.3, 0.4) is 0 Å². The Kier molecular flexibility index (Phi) is 57.0. The highest BCUT2D eigenvalue weighted by atomic mass is 16.5. The van der Waals surface area contributed by atoms with Crippen LogP contribution in [-0.2, 0) is 14.3 Å². The third kappa shape index (κ3) is 55.2. The van der Waals surface area contributed by atoms with Gasteiger partial charge in [0.1, 0.15) is 0 Å². The molecule has 406 valence electrons.